The van der Waals surface area contributed by atoms with Gasteiger partial charge in [0.1, 0.15) is 5.75 Å². The van der Waals surface area contributed by atoms with E-state index in [0.717, 1.165) is 0 Å². The van der Waals surface area contributed by atoms with Crippen molar-refractivity contribution in [2.45, 2.75) is 13.8 Å². The molecule has 1 aromatic carbocycles. The van der Waals surface area contributed by atoms with Crippen molar-refractivity contribution in [3.63, 3.8) is 0 Å². The topological polar surface area (TPSA) is 43.4 Å². The van der Waals surface area contributed by atoms with E-state index >= 15 is 0 Å². The van der Waals surface area contributed by atoms with Crippen LogP contribution in [0.2, 0.25) is 10.0 Å². The summed E-state index contributed by atoms with van der Waals surface area (Å²) in [5, 5.41) is 0.917. The summed E-state index contributed by atoms with van der Waals surface area (Å²) < 4.78 is 27.6. The van der Waals surface area contributed by atoms with Crippen LogP contribution < -0.4 is 4.74 Å². The average molecular weight is 332 g/mol. The van der Waals surface area contributed by atoms with Crippen LogP contribution in [0.4, 0.5) is 0 Å². The summed E-state index contributed by atoms with van der Waals surface area (Å²) in [6.07, 6.45) is 0. The van der Waals surface area contributed by atoms with Crippen LogP contribution in [0.5, 0.6) is 5.75 Å². The van der Waals surface area contributed by atoms with Crippen molar-refractivity contribution in [2.24, 2.45) is 5.41 Å². The van der Waals surface area contributed by atoms with Gasteiger partial charge in [0.05, 0.1) is 12.4 Å². The molecule has 0 saturated carbocycles. The lowest BCUT2D eigenvalue weighted by Crippen LogP contribution is -2.28. The Balaban J connectivity index is 2.69. The maximum Gasteiger partial charge on any atom is 0.233 e. The summed E-state index contributed by atoms with van der Waals surface area (Å²) in [6.45, 7) is 3.69. The van der Waals surface area contributed by atoms with E-state index in [1.165, 1.54) is 0 Å². The zero-order valence-electron chi connectivity index (χ0n) is 9.91. The van der Waals surface area contributed by atoms with Crippen LogP contribution in [0.1, 0.15) is 13.8 Å². The van der Waals surface area contributed by atoms with E-state index in [9.17, 15) is 8.42 Å². The first-order valence-electron chi connectivity index (χ1n) is 5.09. The highest BCUT2D eigenvalue weighted by molar-refractivity contribution is 8.13. The van der Waals surface area contributed by atoms with Gasteiger partial charge in [0, 0.05) is 26.1 Å². The summed E-state index contributed by atoms with van der Waals surface area (Å²) in [7, 11) is 1.66. The number of hydrogen-bond acceptors (Lipinski definition) is 3. The van der Waals surface area contributed by atoms with Crippen LogP contribution in [0.25, 0.3) is 0 Å². The molecule has 1 rings (SSSR count). The van der Waals surface area contributed by atoms with E-state index in [-0.39, 0.29) is 12.4 Å². The molecular weight excluding hydrogens is 319 g/mol. The number of rotatable bonds is 5. The summed E-state index contributed by atoms with van der Waals surface area (Å²) in [4.78, 5) is 0. The third-order valence-electron chi connectivity index (χ3n) is 2.03. The second-order valence-electron chi connectivity index (χ2n) is 4.74. The molecule has 0 heterocycles. The Labute approximate surface area is 121 Å². The third-order valence-corrected chi connectivity index (χ3v) is 3.92. The number of halogens is 3. The largest absolute Gasteiger partial charge is 0.493 e. The molecule has 0 unspecified atom stereocenters. The van der Waals surface area contributed by atoms with Crippen LogP contribution in [-0.4, -0.2) is 20.8 Å². The highest BCUT2D eigenvalue weighted by Gasteiger charge is 2.26. The van der Waals surface area contributed by atoms with Crippen molar-refractivity contribution in [1.82, 2.24) is 0 Å². The van der Waals surface area contributed by atoms with E-state index in [1.54, 1.807) is 32.0 Å². The van der Waals surface area contributed by atoms with Gasteiger partial charge >= 0.3 is 0 Å². The number of ether oxygens (including phenoxy) is 1. The van der Waals surface area contributed by atoms with Crippen molar-refractivity contribution >= 4 is 42.9 Å². The van der Waals surface area contributed by atoms with Crippen LogP contribution in [0.3, 0.4) is 0 Å². The van der Waals surface area contributed by atoms with Crippen molar-refractivity contribution in [3.8, 4) is 5.75 Å². The molecule has 0 fully saturated rings. The maximum atomic E-state index is 11.0. The molecule has 1 aromatic rings. The fourth-order valence-electron chi connectivity index (χ4n) is 1.40. The molecule has 0 aliphatic rings. The molecule has 18 heavy (non-hydrogen) atoms. The SMILES string of the molecule is CC(C)(COc1cc(Cl)cc(Cl)c1)CS(=O)(=O)Cl. The maximum absolute atomic E-state index is 11.0. The monoisotopic (exact) mass is 330 g/mol. The molecule has 7 heteroatoms. The van der Waals surface area contributed by atoms with Gasteiger partial charge in [0.2, 0.25) is 9.05 Å². The van der Waals surface area contributed by atoms with Gasteiger partial charge in [-0.15, -0.1) is 0 Å². The molecule has 0 N–H and O–H groups in total. The summed E-state index contributed by atoms with van der Waals surface area (Å²) in [6, 6.07) is 4.81. The van der Waals surface area contributed by atoms with Gasteiger partial charge in [-0.3, -0.25) is 0 Å². The van der Waals surface area contributed by atoms with Crippen LogP contribution in [-0.2, 0) is 9.05 Å². The predicted octanol–water partition coefficient (Wildman–Crippen LogP) is 3.97. The minimum atomic E-state index is -3.56. The Morgan fingerprint density at radius 1 is 1.17 bits per heavy atom. The van der Waals surface area contributed by atoms with Gasteiger partial charge in [-0.05, 0) is 18.2 Å². The van der Waals surface area contributed by atoms with Crippen LogP contribution in [0.15, 0.2) is 18.2 Å². The zero-order valence-corrected chi connectivity index (χ0v) is 13.0. The van der Waals surface area contributed by atoms with E-state index in [1.807, 2.05) is 0 Å². The molecule has 0 spiro atoms. The Hall–Kier alpha value is -0.160. The lowest BCUT2D eigenvalue weighted by atomic mass is 9.98. The van der Waals surface area contributed by atoms with Crippen molar-refractivity contribution in [3.05, 3.63) is 28.2 Å². The molecule has 0 saturated heterocycles. The van der Waals surface area contributed by atoms with Crippen molar-refractivity contribution in [1.29, 1.82) is 0 Å². The fraction of sp³-hybridized carbons (Fsp3) is 0.455. The molecule has 0 bridgehead atoms. The normalized spacial score (nSPS) is 12.5. The molecule has 0 amide bonds. The van der Waals surface area contributed by atoms with E-state index in [0.29, 0.717) is 15.8 Å². The molecule has 102 valence electrons. The molecule has 0 aliphatic heterocycles. The molecule has 3 nitrogen and oxygen atoms in total. The summed E-state index contributed by atoms with van der Waals surface area (Å²) in [5.74, 6) is 0.322. The second-order valence-corrected chi connectivity index (χ2v) is 8.39. The van der Waals surface area contributed by atoms with E-state index in [4.69, 9.17) is 38.6 Å². The van der Waals surface area contributed by atoms with Crippen LogP contribution >= 0.6 is 33.9 Å². The Morgan fingerprint density at radius 3 is 2.11 bits per heavy atom. The lowest BCUT2D eigenvalue weighted by molar-refractivity contribution is 0.200. The van der Waals surface area contributed by atoms with Gasteiger partial charge in [-0.1, -0.05) is 37.0 Å². The second kappa shape index (κ2) is 5.87. The minimum Gasteiger partial charge on any atom is -0.493 e. The van der Waals surface area contributed by atoms with Gasteiger partial charge in [-0.2, -0.15) is 0 Å². The lowest BCUT2D eigenvalue weighted by Gasteiger charge is -2.23. The summed E-state index contributed by atoms with van der Waals surface area (Å²) in [5.41, 5.74) is -0.602. The minimum absolute atomic E-state index is 0.171. The number of benzene rings is 1. The first-order valence-corrected chi connectivity index (χ1v) is 8.32. The quantitative estimate of drug-likeness (QED) is 0.767. The Bertz CT molecular complexity index is 506. The van der Waals surface area contributed by atoms with E-state index < -0.39 is 14.5 Å². The van der Waals surface area contributed by atoms with Crippen molar-refractivity contribution in [2.75, 3.05) is 12.4 Å². The van der Waals surface area contributed by atoms with Crippen molar-refractivity contribution < 1.29 is 13.2 Å². The molecule has 0 radical (unpaired) electrons. The van der Waals surface area contributed by atoms with Gasteiger partial charge in [0.25, 0.3) is 0 Å². The van der Waals surface area contributed by atoms with E-state index in [2.05, 4.69) is 0 Å². The standard InChI is InChI=1S/C11H13Cl3O3S/c1-11(2,7-18(14,15)16)6-17-10-4-8(12)3-9(13)5-10/h3-5H,6-7H2,1-2H3. The smallest absolute Gasteiger partial charge is 0.233 e. The highest BCUT2D eigenvalue weighted by Crippen LogP contribution is 2.27. The zero-order chi connectivity index (χ0) is 14.0. The number of hydrogen-bond donors (Lipinski definition) is 0. The molecular formula is C11H13Cl3O3S. The average Bonchev–Trinajstić information content (AvgIpc) is 2.09. The van der Waals surface area contributed by atoms with Gasteiger partial charge in [0.15, 0.2) is 0 Å². The van der Waals surface area contributed by atoms with Gasteiger partial charge < -0.3 is 4.74 Å². The fourth-order valence-corrected chi connectivity index (χ4v) is 3.81. The highest BCUT2D eigenvalue weighted by atomic mass is 35.7. The molecule has 0 aromatic heterocycles. The Kier molecular flexibility index (Phi) is 5.18. The molecule has 0 atom stereocenters. The Morgan fingerprint density at radius 2 is 1.67 bits per heavy atom. The first kappa shape index (κ1) is 15.9. The van der Waals surface area contributed by atoms with Gasteiger partial charge in [-0.25, -0.2) is 8.42 Å². The third kappa shape index (κ3) is 6.14. The first-order chi connectivity index (χ1) is 8.07. The summed E-state index contributed by atoms with van der Waals surface area (Å²) >= 11 is 11.7. The molecule has 0 aliphatic carbocycles. The van der Waals surface area contributed by atoms with Crippen LogP contribution in [0, 0.1) is 5.41 Å². The predicted molar refractivity (Wildman–Crippen MR) is 75.4 cm³/mol.